The molecule has 3 rings (SSSR count). The Morgan fingerprint density at radius 1 is 0.786 bits per heavy atom. The first kappa shape index (κ1) is 33.0. The zero-order valence-electron chi connectivity index (χ0n) is 27.5. The van der Waals surface area contributed by atoms with Crippen molar-refractivity contribution in [3.63, 3.8) is 0 Å². The van der Waals surface area contributed by atoms with Gasteiger partial charge in [0.1, 0.15) is 0 Å². The molecule has 0 unspecified atom stereocenters. The molecule has 2 aliphatic rings. The Labute approximate surface area is 255 Å². The van der Waals surface area contributed by atoms with E-state index in [9.17, 15) is 4.79 Å². The summed E-state index contributed by atoms with van der Waals surface area (Å²) in [6, 6.07) is 4.12. The zero-order chi connectivity index (χ0) is 30.9. The van der Waals surface area contributed by atoms with Crippen molar-refractivity contribution in [2.75, 3.05) is 0 Å². The van der Waals surface area contributed by atoms with Gasteiger partial charge in [0.15, 0.2) is 5.78 Å². The van der Waals surface area contributed by atoms with Crippen LogP contribution in [0.25, 0.3) is 12.2 Å². The minimum atomic E-state index is 0.0360. The van der Waals surface area contributed by atoms with Gasteiger partial charge in [-0.15, -0.1) is 0 Å². The van der Waals surface area contributed by atoms with Crippen molar-refractivity contribution in [2.45, 2.75) is 94.4 Å². The van der Waals surface area contributed by atoms with Gasteiger partial charge in [0.2, 0.25) is 0 Å². The van der Waals surface area contributed by atoms with E-state index in [1.165, 1.54) is 36.0 Å². The van der Waals surface area contributed by atoms with Crippen LogP contribution in [-0.2, 0) is 4.79 Å². The van der Waals surface area contributed by atoms with Gasteiger partial charge in [0, 0.05) is 12.6 Å². The molecule has 1 heterocycles. The van der Waals surface area contributed by atoms with E-state index in [0.717, 1.165) is 40.0 Å². The molecule has 0 atom stereocenters. The quantitative estimate of drug-likeness (QED) is 0.281. The number of nitrogens with zero attached hydrogens (tertiary/aromatic N) is 1. The number of rotatable bonds is 9. The topological polar surface area (TPSA) is 30.0 Å². The van der Waals surface area contributed by atoms with Crippen LogP contribution in [0, 0.1) is 10.8 Å². The van der Waals surface area contributed by atoms with Crippen molar-refractivity contribution in [3.8, 4) is 0 Å². The Morgan fingerprint density at radius 2 is 1.43 bits per heavy atom. The summed E-state index contributed by atoms with van der Waals surface area (Å²) in [6.45, 7) is 19.8. The number of pyridine rings is 1. The van der Waals surface area contributed by atoms with Gasteiger partial charge in [0.25, 0.3) is 0 Å². The van der Waals surface area contributed by atoms with Crippen LogP contribution in [0.2, 0.25) is 0 Å². The molecule has 1 aromatic rings. The van der Waals surface area contributed by atoms with Crippen LogP contribution in [0.15, 0.2) is 112 Å². The lowest BCUT2D eigenvalue weighted by Gasteiger charge is -2.32. The fraction of sp³-hybridized carbons (Fsp3) is 0.400. The maximum absolute atomic E-state index is 12.2. The molecule has 2 aliphatic carbocycles. The van der Waals surface area contributed by atoms with E-state index in [2.05, 4.69) is 133 Å². The Balaban J connectivity index is 1.63. The Kier molecular flexibility index (Phi) is 11.5. The third kappa shape index (κ3) is 9.51. The summed E-state index contributed by atoms with van der Waals surface area (Å²) in [7, 11) is 0. The first-order chi connectivity index (χ1) is 19.8. The summed E-state index contributed by atoms with van der Waals surface area (Å²) in [5, 5.41) is 0. The number of carbonyl (C=O) groups excluding carboxylic acids is 1. The van der Waals surface area contributed by atoms with Crippen molar-refractivity contribution < 1.29 is 4.79 Å². The molecule has 42 heavy (non-hydrogen) atoms. The van der Waals surface area contributed by atoms with Gasteiger partial charge in [-0.1, -0.05) is 105 Å². The van der Waals surface area contributed by atoms with E-state index >= 15 is 0 Å². The number of aromatic nitrogens is 1. The first-order valence-electron chi connectivity index (χ1n) is 15.4. The number of carbonyl (C=O) groups is 1. The largest absolute Gasteiger partial charge is 0.295 e. The van der Waals surface area contributed by atoms with Crippen LogP contribution < -0.4 is 0 Å². The lowest BCUT2D eigenvalue weighted by atomic mass is 9.72. The molecule has 0 amide bonds. The van der Waals surface area contributed by atoms with Gasteiger partial charge in [-0.2, -0.15) is 0 Å². The second-order valence-corrected chi connectivity index (χ2v) is 13.4. The van der Waals surface area contributed by atoms with Gasteiger partial charge in [-0.25, -0.2) is 0 Å². The second-order valence-electron chi connectivity index (χ2n) is 13.4. The molecule has 0 saturated carbocycles. The Morgan fingerprint density at radius 3 is 2.12 bits per heavy atom. The van der Waals surface area contributed by atoms with Crippen LogP contribution in [0.4, 0.5) is 0 Å². The van der Waals surface area contributed by atoms with Gasteiger partial charge in [-0.05, 0) is 117 Å². The third-order valence-electron chi connectivity index (χ3n) is 8.64. The van der Waals surface area contributed by atoms with Crippen molar-refractivity contribution in [3.05, 3.63) is 123 Å². The molecule has 0 fully saturated rings. The highest BCUT2D eigenvalue weighted by atomic mass is 16.1. The highest BCUT2D eigenvalue weighted by Crippen LogP contribution is 2.41. The molecule has 2 heteroatoms. The molecule has 222 valence electrons. The molecule has 0 spiro atoms. The van der Waals surface area contributed by atoms with Crippen LogP contribution >= 0.6 is 0 Å². The van der Waals surface area contributed by atoms with E-state index in [-0.39, 0.29) is 16.6 Å². The van der Waals surface area contributed by atoms with Crippen molar-refractivity contribution in [1.29, 1.82) is 0 Å². The maximum Gasteiger partial charge on any atom is 0.158 e. The maximum atomic E-state index is 12.2. The monoisotopic (exact) mass is 561 g/mol. The van der Waals surface area contributed by atoms with E-state index in [0.29, 0.717) is 6.42 Å². The number of Topliss-reactive ketones (excluding diaryl/α,β-unsaturated/α-hetero) is 1. The Bertz CT molecular complexity index is 1440. The number of hydrogen-bond acceptors (Lipinski definition) is 2. The van der Waals surface area contributed by atoms with Gasteiger partial charge in [-0.3, -0.25) is 9.78 Å². The number of hydrogen-bond donors (Lipinski definition) is 0. The number of allylic oxidation sites excluding steroid dienone is 16. The van der Waals surface area contributed by atoms with Crippen LogP contribution in [0.3, 0.4) is 0 Å². The van der Waals surface area contributed by atoms with Crippen LogP contribution in [0.5, 0.6) is 0 Å². The fourth-order valence-corrected chi connectivity index (χ4v) is 5.90. The summed E-state index contributed by atoms with van der Waals surface area (Å²) in [5.74, 6) is 0.273. The zero-order valence-corrected chi connectivity index (χ0v) is 27.5. The summed E-state index contributed by atoms with van der Waals surface area (Å²) in [4.78, 5) is 16.7. The van der Waals surface area contributed by atoms with Gasteiger partial charge < -0.3 is 0 Å². The highest BCUT2D eigenvalue weighted by molar-refractivity contribution is 5.97. The average Bonchev–Trinajstić information content (AvgIpc) is 2.90. The molecule has 0 aliphatic heterocycles. The Hall–Kier alpha value is -3.52. The van der Waals surface area contributed by atoms with E-state index in [1.54, 1.807) is 0 Å². The smallest absolute Gasteiger partial charge is 0.158 e. The third-order valence-corrected chi connectivity index (χ3v) is 8.64. The second kappa shape index (κ2) is 14.6. The SMILES string of the molecule is CC(C=CC1=C(C)CCCC1(C)C)=CC=CC(C)=Cc1cc(C=CC=C(C)C=CC2=C(C)C(=O)CCC2(C)C)ccn1. The fourth-order valence-electron chi connectivity index (χ4n) is 5.90. The summed E-state index contributed by atoms with van der Waals surface area (Å²) < 4.78 is 0. The average molecular weight is 562 g/mol. The molecule has 2 nitrogen and oxygen atoms in total. The molecule has 0 N–H and O–H groups in total. The van der Waals surface area contributed by atoms with Gasteiger partial charge in [0.05, 0.1) is 5.69 Å². The standard InChI is InChI=1S/C40H51NO/c1-29(18-20-36-32(4)16-12-24-39(36,6)7)13-10-15-31(3)27-35-28-34(23-26-41-35)17-11-14-30(2)19-21-37-33(5)38(42)22-25-40(37,8)9/h10-11,13-15,17-21,23,26-28H,12,16,22,24-25H2,1-9H3. The lowest BCUT2D eigenvalue weighted by molar-refractivity contribution is -0.116. The van der Waals surface area contributed by atoms with E-state index in [1.807, 2.05) is 19.2 Å². The molecule has 0 aromatic carbocycles. The predicted molar refractivity (Wildman–Crippen MR) is 183 cm³/mol. The van der Waals surface area contributed by atoms with Crippen molar-refractivity contribution in [1.82, 2.24) is 4.98 Å². The minimum Gasteiger partial charge on any atom is -0.295 e. The molecular formula is C40H51NO. The molecule has 0 bridgehead atoms. The summed E-state index contributed by atoms with van der Waals surface area (Å²) in [6.07, 6.45) is 30.8. The lowest BCUT2D eigenvalue weighted by Crippen LogP contribution is -2.24. The normalized spacial score (nSPS) is 20.8. The predicted octanol–water partition coefficient (Wildman–Crippen LogP) is 11.3. The van der Waals surface area contributed by atoms with E-state index < -0.39 is 0 Å². The molecular weight excluding hydrogens is 510 g/mol. The van der Waals surface area contributed by atoms with Crippen molar-refractivity contribution >= 4 is 17.9 Å². The first-order valence-corrected chi connectivity index (χ1v) is 15.4. The van der Waals surface area contributed by atoms with Crippen LogP contribution in [0.1, 0.15) is 106 Å². The minimum absolute atomic E-state index is 0.0360. The summed E-state index contributed by atoms with van der Waals surface area (Å²) >= 11 is 0. The highest BCUT2D eigenvalue weighted by Gasteiger charge is 2.30. The van der Waals surface area contributed by atoms with Crippen LogP contribution in [-0.4, -0.2) is 10.8 Å². The molecule has 0 radical (unpaired) electrons. The van der Waals surface area contributed by atoms with E-state index in [4.69, 9.17) is 0 Å². The molecule has 1 aromatic heterocycles. The molecule has 0 saturated heterocycles. The van der Waals surface area contributed by atoms with Crippen molar-refractivity contribution in [2.24, 2.45) is 10.8 Å². The number of ketones is 1. The van der Waals surface area contributed by atoms with Gasteiger partial charge >= 0.3 is 0 Å². The summed E-state index contributed by atoms with van der Waals surface area (Å²) in [5.41, 5.74) is 11.0.